The van der Waals surface area contributed by atoms with Gasteiger partial charge in [0, 0.05) is 23.7 Å². The van der Waals surface area contributed by atoms with Gasteiger partial charge in [-0.1, -0.05) is 11.6 Å². The van der Waals surface area contributed by atoms with E-state index in [1.165, 1.54) is 6.42 Å². The van der Waals surface area contributed by atoms with E-state index in [0.717, 1.165) is 31.5 Å². The second-order valence-electron chi connectivity index (χ2n) is 6.04. The average Bonchev–Trinajstić information content (AvgIpc) is 3.10. The van der Waals surface area contributed by atoms with Crippen LogP contribution in [0.3, 0.4) is 0 Å². The third-order valence-electron chi connectivity index (χ3n) is 4.18. The van der Waals surface area contributed by atoms with E-state index in [1.807, 2.05) is 12.1 Å². The number of hydrogen-bond acceptors (Lipinski definition) is 6. The Morgan fingerprint density at radius 3 is 2.31 bits per heavy atom. The molecule has 26 heavy (non-hydrogen) atoms. The molecule has 142 valence electrons. The van der Waals surface area contributed by atoms with E-state index in [-0.39, 0.29) is 18.6 Å². The zero-order valence-corrected chi connectivity index (χ0v) is 16.8. The summed E-state index contributed by atoms with van der Waals surface area (Å²) >= 11 is 5.97. The summed E-state index contributed by atoms with van der Waals surface area (Å²) in [6, 6.07) is 7.19. The van der Waals surface area contributed by atoms with E-state index in [1.54, 1.807) is 26.0 Å². The summed E-state index contributed by atoms with van der Waals surface area (Å²) in [5, 5.41) is 0.631. The molecule has 0 radical (unpaired) electrons. The minimum Gasteiger partial charge on any atom is -0.419 e. The van der Waals surface area contributed by atoms with Gasteiger partial charge in [0.2, 0.25) is 17.2 Å². The summed E-state index contributed by atoms with van der Waals surface area (Å²) in [5.74, 6) is 0.872. The number of nitrogens with zero attached hydrogens (tertiary/aromatic N) is 2. The molecule has 3 rings (SSSR count). The minimum atomic E-state index is -3.56. The van der Waals surface area contributed by atoms with Crippen LogP contribution in [0.15, 0.2) is 28.7 Å². The molecule has 0 bridgehead atoms. The van der Waals surface area contributed by atoms with Gasteiger partial charge in [0.05, 0.1) is 13.2 Å². The number of halogens is 1. The molecule has 6 nitrogen and oxygen atoms in total. The Labute approximate surface area is 159 Å². The number of hydrogen-bond donors (Lipinski definition) is 0. The topological polar surface area (TPSA) is 64.8 Å². The standard InChI is InChI=1S/C18H24ClN2O4P/c1-3-23-26(22,24-4-2)17-18(21-12-6-5-7-13-21)25-16(20-17)14-8-10-15(19)11-9-14/h8-11H,3-7,12-13H2,1-2H3. The second kappa shape index (κ2) is 8.57. The summed E-state index contributed by atoms with van der Waals surface area (Å²) in [5.41, 5.74) is 1.02. The van der Waals surface area contributed by atoms with Crippen LogP contribution >= 0.6 is 19.2 Å². The lowest BCUT2D eigenvalue weighted by atomic mass is 10.1. The first-order valence-electron chi connectivity index (χ1n) is 8.98. The van der Waals surface area contributed by atoms with Crippen molar-refractivity contribution in [3.8, 4) is 11.5 Å². The van der Waals surface area contributed by atoms with Crippen molar-refractivity contribution in [2.45, 2.75) is 33.1 Å². The summed E-state index contributed by atoms with van der Waals surface area (Å²) in [4.78, 5) is 6.61. The maximum absolute atomic E-state index is 13.4. The Hall–Kier alpha value is -1.33. The minimum absolute atomic E-state index is 0.257. The van der Waals surface area contributed by atoms with Crippen molar-refractivity contribution >= 4 is 30.5 Å². The molecule has 1 fully saturated rings. The number of anilines is 1. The number of rotatable bonds is 7. The molecule has 0 amide bonds. The highest BCUT2D eigenvalue weighted by Gasteiger charge is 2.38. The van der Waals surface area contributed by atoms with Gasteiger partial charge in [0.15, 0.2) is 0 Å². The molecule has 1 saturated heterocycles. The molecule has 0 atom stereocenters. The Bertz CT molecular complexity index is 762. The smallest absolute Gasteiger partial charge is 0.385 e. The molecule has 0 unspecified atom stereocenters. The van der Waals surface area contributed by atoms with Gasteiger partial charge >= 0.3 is 7.60 Å². The van der Waals surface area contributed by atoms with Crippen molar-refractivity contribution < 1.29 is 18.0 Å². The Morgan fingerprint density at radius 2 is 1.73 bits per heavy atom. The van der Waals surface area contributed by atoms with E-state index >= 15 is 0 Å². The molecule has 8 heteroatoms. The fourth-order valence-corrected chi connectivity index (χ4v) is 4.76. The number of aromatic nitrogens is 1. The quantitative estimate of drug-likeness (QED) is 0.619. The molecule has 0 spiro atoms. The van der Waals surface area contributed by atoms with Gasteiger partial charge < -0.3 is 18.4 Å². The highest BCUT2D eigenvalue weighted by Crippen LogP contribution is 2.50. The van der Waals surface area contributed by atoms with Crippen LogP contribution in [0.25, 0.3) is 11.5 Å². The van der Waals surface area contributed by atoms with E-state index in [9.17, 15) is 4.57 Å². The highest BCUT2D eigenvalue weighted by atomic mass is 35.5. The predicted molar refractivity (Wildman–Crippen MR) is 104 cm³/mol. The molecule has 1 aliphatic heterocycles. The second-order valence-corrected chi connectivity index (χ2v) is 8.41. The molecule has 0 saturated carbocycles. The van der Waals surface area contributed by atoms with Crippen molar-refractivity contribution in [2.24, 2.45) is 0 Å². The third kappa shape index (κ3) is 4.15. The molecule has 1 aromatic carbocycles. The molecule has 0 N–H and O–H groups in total. The lowest BCUT2D eigenvalue weighted by Crippen LogP contribution is -2.33. The average molecular weight is 399 g/mol. The van der Waals surface area contributed by atoms with Gasteiger partial charge in [-0.3, -0.25) is 4.57 Å². The van der Waals surface area contributed by atoms with E-state index in [4.69, 9.17) is 25.1 Å². The lowest BCUT2D eigenvalue weighted by Gasteiger charge is -2.27. The number of oxazole rings is 1. The number of benzene rings is 1. The summed E-state index contributed by atoms with van der Waals surface area (Å²) in [6.07, 6.45) is 3.30. The zero-order chi connectivity index (χ0) is 18.6. The predicted octanol–water partition coefficient (Wildman–Crippen LogP) is 4.88. The van der Waals surface area contributed by atoms with Gasteiger partial charge in [-0.25, -0.2) is 0 Å². The molecule has 1 aliphatic rings. The number of piperidine rings is 1. The van der Waals surface area contributed by atoms with Crippen molar-refractivity contribution in [1.29, 1.82) is 0 Å². The van der Waals surface area contributed by atoms with Crippen LogP contribution < -0.4 is 10.3 Å². The van der Waals surface area contributed by atoms with Crippen molar-refractivity contribution in [3.63, 3.8) is 0 Å². The van der Waals surface area contributed by atoms with E-state index in [0.29, 0.717) is 16.8 Å². The third-order valence-corrected chi connectivity index (χ3v) is 6.44. The van der Waals surface area contributed by atoms with Gasteiger partial charge in [-0.2, -0.15) is 4.98 Å². The Balaban J connectivity index is 2.07. The van der Waals surface area contributed by atoms with Crippen LogP contribution in [0.1, 0.15) is 33.1 Å². The van der Waals surface area contributed by atoms with Crippen LogP contribution in [0, 0.1) is 0 Å². The van der Waals surface area contributed by atoms with Crippen molar-refractivity contribution in [2.75, 3.05) is 31.2 Å². The fraction of sp³-hybridized carbons (Fsp3) is 0.500. The molecule has 2 heterocycles. The highest BCUT2D eigenvalue weighted by molar-refractivity contribution is 7.62. The summed E-state index contributed by atoms with van der Waals surface area (Å²) in [7, 11) is -3.56. The van der Waals surface area contributed by atoms with Crippen LogP contribution in [-0.2, 0) is 13.6 Å². The van der Waals surface area contributed by atoms with Crippen LogP contribution in [0.5, 0.6) is 0 Å². The molecular weight excluding hydrogens is 375 g/mol. The maximum atomic E-state index is 13.4. The van der Waals surface area contributed by atoms with Gasteiger partial charge in [-0.05, 0) is 57.4 Å². The molecular formula is C18H24ClN2O4P. The summed E-state index contributed by atoms with van der Waals surface area (Å²) in [6.45, 7) is 5.76. The lowest BCUT2D eigenvalue weighted by molar-refractivity contribution is 0.229. The van der Waals surface area contributed by atoms with Gasteiger partial charge in [-0.15, -0.1) is 0 Å². The van der Waals surface area contributed by atoms with Gasteiger partial charge in [0.25, 0.3) is 0 Å². The SMILES string of the molecule is CCOP(=O)(OCC)c1nc(-c2ccc(Cl)cc2)oc1N1CCCCC1. The van der Waals surface area contributed by atoms with E-state index in [2.05, 4.69) is 9.88 Å². The van der Waals surface area contributed by atoms with E-state index < -0.39 is 7.60 Å². The molecule has 0 aliphatic carbocycles. The first kappa shape index (κ1) is 19.4. The van der Waals surface area contributed by atoms with Crippen LogP contribution in [0.2, 0.25) is 5.02 Å². The van der Waals surface area contributed by atoms with Crippen LogP contribution in [-0.4, -0.2) is 31.3 Å². The molecule has 2 aromatic rings. The largest absolute Gasteiger partial charge is 0.419 e. The van der Waals surface area contributed by atoms with Gasteiger partial charge in [0.1, 0.15) is 0 Å². The summed E-state index contributed by atoms with van der Waals surface area (Å²) < 4.78 is 30.5. The van der Waals surface area contributed by atoms with Crippen molar-refractivity contribution in [3.05, 3.63) is 29.3 Å². The van der Waals surface area contributed by atoms with Crippen molar-refractivity contribution in [1.82, 2.24) is 4.98 Å². The molecule has 1 aromatic heterocycles. The monoisotopic (exact) mass is 398 g/mol. The first-order valence-corrected chi connectivity index (χ1v) is 10.9. The van der Waals surface area contributed by atoms with Crippen LogP contribution in [0.4, 0.5) is 5.88 Å². The first-order chi connectivity index (χ1) is 12.6. The zero-order valence-electron chi connectivity index (χ0n) is 15.1. The fourth-order valence-electron chi connectivity index (χ4n) is 3.00. The Kier molecular flexibility index (Phi) is 6.41. The Morgan fingerprint density at radius 1 is 1.12 bits per heavy atom. The normalized spacial score (nSPS) is 15.4. The maximum Gasteiger partial charge on any atom is 0.385 e.